The van der Waals surface area contributed by atoms with Gasteiger partial charge < -0.3 is 4.74 Å². The van der Waals surface area contributed by atoms with Crippen molar-refractivity contribution in [2.24, 2.45) is 5.92 Å². The van der Waals surface area contributed by atoms with Crippen LogP contribution in [0, 0.1) is 12.2 Å². The second kappa shape index (κ2) is 15.7. The van der Waals surface area contributed by atoms with Crippen molar-refractivity contribution in [2.45, 2.75) is 72.6 Å². The van der Waals surface area contributed by atoms with Crippen molar-refractivity contribution in [3.63, 3.8) is 0 Å². The monoisotopic (exact) mass is 798 g/mol. The Bertz CT molecular complexity index is 2990. The van der Waals surface area contributed by atoms with Gasteiger partial charge in [0.2, 0.25) is 0 Å². The lowest BCUT2D eigenvalue weighted by Crippen LogP contribution is -2.30. The van der Waals surface area contributed by atoms with Crippen molar-refractivity contribution in [3.05, 3.63) is 187 Å². The first kappa shape index (κ1) is 39.7. The lowest BCUT2D eigenvalue weighted by Gasteiger charge is -2.27. The molecule has 0 bridgehead atoms. The van der Waals surface area contributed by atoms with E-state index in [1.165, 1.54) is 27.6 Å². The molecule has 0 atom stereocenters. The number of fused-ring (bicyclic) bond motifs is 3. The fraction of sp³-hybridized carbons (Fsp3) is 0.214. The van der Waals surface area contributed by atoms with Gasteiger partial charge in [0.1, 0.15) is 17.3 Å². The Morgan fingerprint density at radius 1 is 0.623 bits per heavy atom. The number of hydrogen-bond acceptors (Lipinski definition) is 2. The van der Waals surface area contributed by atoms with Crippen molar-refractivity contribution < 1.29 is 9.30 Å². The summed E-state index contributed by atoms with van der Waals surface area (Å²) in [4.78, 5) is 4.86. The zero-order valence-corrected chi connectivity index (χ0v) is 36.6. The van der Waals surface area contributed by atoms with Gasteiger partial charge in [-0.25, -0.2) is 4.98 Å². The number of ether oxygens (including phenoxy) is 1. The Morgan fingerprint density at radius 2 is 1.30 bits per heavy atom. The maximum Gasteiger partial charge on any atom is 0.268 e. The minimum absolute atomic E-state index is 0.0105. The van der Waals surface area contributed by atoms with Gasteiger partial charge in [0.25, 0.3) is 6.33 Å². The van der Waals surface area contributed by atoms with Crippen LogP contribution in [0.4, 0.5) is 0 Å². The zero-order valence-electron chi connectivity index (χ0n) is 36.6. The molecule has 0 aliphatic heterocycles. The average Bonchev–Trinajstić information content (AvgIpc) is 3.86. The molecule has 9 rings (SSSR count). The van der Waals surface area contributed by atoms with Crippen LogP contribution in [0.15, 0.2) is 164 Å². The van der Waals surface area contributed by atoms with Crippen LogP contribution in [0.5, 0.6) is 11.5 Å². The highest BCUT2D eigenvalue weighted by atomic mass is 16.5. The molecule has 0 spiro atoms. The number of nitrogens with zero attached hydrogens (tertiary/aromatic N) is 4. The third kappa shape index (κ3) is 8.01. The van der Waals surface area contributed by atoms with Crippen molar-refractivity contribution in [1.29, 1.82) is 0 Å². The van der Waals surface area contributed by atoms with Crippen LogP contribution in [-0.2, 0) is 17.3 Å². The van der Waals surface area contributed by atoms with Gasteiger partial charge in [0.05, 0.1) is 22.4 Å². The molecule has 5 heteroatoms. The molecule has 0 aliphatic rings. The number of imidazole rings is 1. The quantitative estimate of drug-likeness (QED) is 0.108. The van der Waals surface area contributed by atoms with Crippen LogP contribution >= 0.6 is 0 Å². The third-order valence-corrected chi connectivity index (χ3v) is 11.6. The predicted octanol–water partition coefficient (Wildman–Crippen LogP) is 14.0. The summed E-state index contributed by atoms with van der Waals surface area (Å²) >= 11 is 0. The minimum Gasteiger partial charge on any atom is -0.458 e. The first-order valence-electron chi connectivity index (χ1n) is 21.4. The number of para-hydroxylation sites is 2. The fourth-order valence-corrected chi connectivity index (χ4v) is 8.40. The van der Waals surface area contributed by atoms with Gasteiger partial charge in [0.15, 0.2) is 0 Å². The van der Waals surface area contributed by atoms with Crippen LogP contribution in [-0.4, -0.2) is 14.1 Å². The number of hydrogen-bond donors (Lipinski definition) is 0. The van der Waals surface area contributed by atoms with Gasteiger partial charge in [-0.2, -0.15) is 0 Å². The molecule has 6 aromatic carbocycles. The molecule has 0 saturated heterocycles. The first-order valence-corrected chi connectivity index (χ1v) is 21.4. The lowest BCUT2D eigenvalue weighted by molar-refractivity contribution is -0.598. The van der Waals surface area contributed by atoms with Crippen molar-refractivity contribution in [2.75, 3.05) is 0 Å². The van der Waals surface area contributed by atoms with Gasteiger partial charge in [-0.15, -0.1) is 0 Å². The van der Waals surface area contributed by atoms with E-state index in [1.807, 2.05) is 22.9 Å². The van der Waals surface area contributed by atoms with Crippen molar-refractivity contribution in [1.82, 2.24) is 14.1 Å². The average molecular weight is 799 g/mol. The Balaban J connectivity index is 1.10. The van der Waals surface area contributed by atoms with Crippen LogP contribution < -0.4 is 9.30 Å². The molecule has 61 heavy (non-hydrogen) atoms. The van der Waals surface area contributed by atoms with Crippen LogP contribution in [0.3, 0.4) is 0 Å². The largest absolute Gasteiger partial charge is 0.458 e. The summed E-state index contributed by atoms with van der Waals surface area (Å²) in [5.41, 5.74) is 12.8. The van der Waals surface area contributed by atoms with Gasteiger partial charge in [-0.1, -0.05) is 146 Å². The highest BCUT2D eigenvalue weighted by molar-refractivity contribution is 6.09. The normalized spacial score (nSPS) is 12.1. The highest BCUT2D eigenvalue weighted by Crippen LogP contribution is 2.39. The maximum atomic E-state index is 6.67. The third-order valence-electron chi connectivity index (χ3n) is 11.6. The van der Waals surface area contributed by atoms with Crippen LogP contribution in [0.25, 0.3) is 61.3 Å². The topological polar surface area (TPSA) is 35.9 Å². The Kier molecular flexibility index (Phi) is 10.2. The molecule has 3 heterocycles. The van der Waals surface area contributed by atoms with Gasteiger partial charge in [-0.05, 0) is 111 Å². The van der Waals surface area contributed by atoms with E-state index < -0.39 is 0 Å². The second-order valence-corrected chi connectivity index (χ2v) is 18.8. The molecule has 0 fully saturated rings. The molecular weight excluding hydrogens is 745 g/mol. The van der Waals surface area contributed by atoms with E-state index in [1.54, 1.807) is 0 Å². The number of aromatic nitrogens is 4. The molecule has 0 N–H and O–H groups in total. The molecule has 0 unspecified atom stereocenters. The summed E-state index contributed by atoms with van der Waals surface area (Å²) in [6.07, 6.45) is 10.8. The fourth-order valence-electron chi connectivity index (χ4n) is 8.40. The molecule has 304 valence electrons. The summed E-state index contributed by atoms with van der Waals surface area (Å²) in [7, 11) is 0. The first-order chi connectivity index (χ1) is 29.3. The number of pyridine rings is 1. The van der Waals surface area contributed by atoms with E-state index in [0.717, 1.165) is 68.2 Å². The number of benzene rings is 6. The highest BCUT2D eigenvalue weighted by Gasteiger charge is 2.23. The molecule has 0 amide bonds. The van der Waals surface area contributed by atoms with Crippen LogP contribution in [0.2, 0.25) is 0 Å². The Hall–Kier alpha value is -6.72. The van der Waals surface area contributed by atoms with E-state index >= 15 is 0 Å². The molecule has 0 radical (unpaired) electrons. The SMILES string of the molecule is CC(C)Cc1ccnc(-n2c3ccccc3c3ccc(Oc4cccc(-n5[c-][n+](-c6c(-c7ccccc7)cccc6-c6cc(C(C)(C)C)cc(C(C)(C)C)c6)cc5)c4)cc32)c1. The standard InChI is InChI=1S/C56H54N4O/c1-38(2)30-39-26-27-57-53(31-39)60-51-23-13-12-20-49(51)50-25-24-46(36-52(50)60)61-45-19-14-18-44(35-45)58-28-29-59(37-58)54-47(40-16-10-9-11-17-40)21-15-22-48(54)41-32-42(55(3,4)5)34-43(33-41)56(6,7)8/h9-29,31-36,38H,30H2,1-8H3. The van der Waals surface area contributed by atoms with Crippen LogP contribution in [0.1, 0.15) is 72.1 Å². The molecular formula is C56H54N4O. The Labute approximate surface area is 360 Å². The maximum absolute atomic E-state index is 6.67. The van der Waals surface area contributed by atoms with E-state index in [-0.39, 0.29) is 10.8 Å². The van der Waals surface area contributed by atoms with E-state index in [2.05, 4.69) is 217 Å². The van der Waals surface area contributed by atoms with Gasteiger partial charge >= 0.3 is 0 Å². The molecule has 0 saturated carbocycles. The summed E-state index contributed by atoms with van der Waals surface area (Å²) in [5.74, 6) is 2.96. The molecule has 9 aromatic rings. The van der Waals surface area contributed by atoms with Gasteiger partial charge in [0, 0.05) is 35.4 Å². The van der Waals surface area contributed by atoms with E-state index in [0.29, 0.717) is 5.92 Å². The smallest absolute Gasteiger partial charge is 0.268 e. The summed E-state index contributed by atoms with van der Waals surface area (Å²) in [5, 5.41) is 2.35. The van der Waals surface area contributed by atoms with E-state index in [9.17, 15) is 0 Å². The van der Waals surface area contributed by atoms with Crippen molar-refractivity contribution in [3.8, 4) is 50.9 Å². The summed E-state index contributed by atoms with van der Waals surface area (Å²) in [6, 6.07) is 51.9. The van der Waals surface area contributed by atoms with E-state index in [4.69, 9.17) is 9.72 Å². The van der Waals surface area contributed by atoms with Gasteiger partial charge in [-0.3, -0.25) is 13.7 Å². The molecule has 0 aliphatic carbocycles. The lowest BCUT2D eigenvalue weighted by atomic mass is 9.78. The zero-order chi connectivity index (χ0) is 42.5. The predicted molar refractivity (Wildman–Crippen MR) is 252 cm³/mol. The number of rotatable bonds is 9. The summed E-state index contributed by atoms with van der Waals surface area (Å²) < 4.78 is 13.1. The molecule has 5 nitrogen and oxygen atoms in total. The molecule has 3 aromatic heterocycles. The van der Waals surface area contributed by atoms with Crippen molar-refractivity contribution >= 4 is 21.8 Å². The summed E-state index contributed by atoms with van der Waals surface area (Å²) in [6.45, 7) is 18.3. The second-order valence-electron chi connectivity index (χ2n) is 18.8. The minimum atomic E-state index is -0.0105. The Morgan fingerprint density at radius 3 is 2.03 bits per heavy atom.